The molecule has 5 rings (SSSR count). The molecule has 1 aliphatic rings. The number of nitrogens with zero attached hydrogens (tertiary/aromatic N) is 4. The molecular weight excluding hydrogens is 532 g/mol. The molecule has 37 heavy (non-hydrogen) atoms. The first kappa shape index (κ1) is 30.5. The number of rotatable bonds is 6. The Bertz CT molecular complexity index is 974. The van der Waals surface area contributed by atoms with Crippen LogP contribution in [0.15, 0.2) is 109 Å². The van der Waals surface area contributed by atoms with Crippen molar-refractivity contribution in [3.8, 4) is 0 Å². The fourth-order valence-corrected chi connectivity index (χ4v) is 3.88. The largest absolute Gasteiger partial charge is 4.00 e. The Morgan fingerprint density at radius 1 is 0.568 bits per heavy atom. The molecule has 188 valence electrons. The van der Waals surface area contributed by atoms with Gasteiger partial charge in [0, 0.05) is 23.8 Å². The second-order valence-electron chi connectivity index (χ2n) is 8.71. The maximum atomic E-state index is 4.87. The zero-order valence-electron chi connectivity index (χ0n) is 21.5. The van der Waals surface area contributed by atoms with Crippen LogP contribution in [0.25, 0.3) is 10.6 Å². The zero-order chi connectivity index (χ0) is 25.3. The molecule has 4 nitrogen and oxygen atoms in total. The van der Waals surface area contributed by atoms with E-state index < -0.39 is 0 Å². The molecule has 2 aromatic carbocycles. The van der Waals surface area contributed by atoms with Crippen molar-refractivity contribution in [3.05, 3.63) is 156 Å². The second kappa shape index (κ2) is 18.5. The second-order valence-corrected chi connectivity index (χ2v) is 8.71. The molecule has 0 radical (unpaired) electrons. The van der Waals surface area contributed by atoms with Gasteiger partial charge < -0.3 is 10.6 Å². The van der Waals surface area contributed by atoms with Crippen LogP contribution in [-0.4, -0.2) is 22.1 Å². The molecule has 1 saturated carbocycles. The van der Waals surface area contributed by atoms with Crippen LogP contribution in [0.5, 0.6) is 0 Å². The number of benzene rings is 2. The first-order valence-corrected chi connectivity index (χ1v) is 12.6. The standard InChI is InChI=1S/C18H22N4.2C7H7.Zr/c1-2-10-18(22-14-16-8-4-6-12-20-16)17(9-1)21-13-15-7-3-5-11-19-15;2*1-7-5-3-2-4-6-7;/h3-8,11-12,17-18H,1-2,9-10,13-14H2;2*2-6H,1H2;/q-2;2*-1;+4/t17-,18-;;;/m1.../s1. The monoisotopic (exact) mass is 566 g/mol. The Morgan fingerprint density at radius 2 is 0.946 bits per heavy atom. The van der Waals surface area contributed by atoms with Gasteiger partial charge in [-0.1, -0.05) is 49.9 Å². The molecule has 2 heterocycles. The van der Waals surface area contributed by atoms with Crippen LogP contribution in [-0.2, 0) is 39.3 Å². The van der Waals surface area contributed by atoms with Crippen molar-refractivity contribution in [1.82, 2.24) is 9.97 Å². The van der Waals surface area contributed by atoms with E-state index in [1.165, 1.54) is 12.8 Å². The first-order valence-electron chi connectivity index (χ1n) is 12.6. The molecule has 1 fully saturated rings. The minimum atomic E-state index is 0. The molecule has 0 unspecified atom stereocenters. The van der Waals surface area contributed by atoms with Gasteiger partial charge in [0.25, 0.3) is 0 Å². The van der Waals surface area contributed by atoms with Crippen LogP contribution >= 0.6 is 0 Å². The summed E-state index contributed by atoms with van der Waals surface area (Å²) in [5, 5.41) is 9.74. The Balaban J connectivity index is 0.000000262. The third-order valence-corrected chi connectivity index (χ3v) is 5.81. The van der Waals surface area contributed by atoms with E-state index in [4.69, 9.17) is 10.6 Å². The summed E-state index contributed by atoms with van der Waals surface area (Å²) in [6.45, 7) is 8.83. The third-order valence-electron chi connectivity index (χ3n) is 5.81. The molecule has 2 atom stereocenters. The van der Waals surface area contributed by atoms with Gasteiger partial charge in [-0.25, -0.2) is 0 Å². The van der Waals surface area contributed by atoms with Crippen LogP contribution < -0.4 is 0 Å². The van der Waals surface area contributed by atoms with E-state index in [-0.39, 0.29) is 26.2 Å². The minimum Gasteiger partial charge on any atom is -0.656 e. The molecule has 1 aliphatic carbocycles. The summed E-state index contributed by atoms with van der Waals surface area (Å²) in [6.07, 6.45) is 8.45. The molecule has 4 aromatic rings. The molecular formula is C32H36N4Zr. The van der Waals surface area contributed by atoms with Gasteiger partial charge >= 0.3 is 26.2 Å². The number of pyridine rings is 2. The summed E-state index contributed by atoms with van der Waals surface area (Å²) >= 11 is 0. The topological polar surface area (TPSA) is 54.0 Å². The van der Waals surface area contributed by atoms with Crippen molar-refractivity contribution in [2.24, 2.45) is 0 Å². The number of hydrogen-bond donors (Lipinski definition) is 0. The fraction of sp³-hybridized carbons (Fsp3) is 0.250. The van der Waals surface area contributed by atoms with Crippen LogP contribution in [0.2, 0.25) is 0 Å². The Labute approximate surface area is 242 Å². The van der Waals surface area contributed by atoms with Crippen molar-refractivity contribution in [1.29, 1.82) is 0 Å². The Kier molecular flexibility index (Phi) is 15.3. The zero-order valence-corrected chi connectivity index (χ0v) is 24.0. The van der Waals surface area contributed by atoms with E-state index in [2.05, 4.69) is 23.8 Å². The van der Waals surface area contributed by atoms with Crippen LogP contribution in [0, 0.1) is 13.8 Å². The van der Waals surface area contributed by atoms with E-state index in [1.807, 2.05) is 109 Å². The van der Waals surface area contributed by atoms with Crippen molar-refractivity contribution >= 4 is 0 Å². The molecule has 0 aliphatic heterocycles. The van der Waals surface area contributed by atoms with Gasteiger partial charge in [-0.3, -0.25) is 9.97 Å². The predicted molar refractivity (Wildman–Crippen MR) is 150 cm³/mol. The predicted octanol–water partition coefficient (Wildman–Crippen LogP) is 7.97. The number of aromatic nitrogens is 2. The third kappa shape index (κ3) is 12.9. The van der Waals surface area contributed by atoms with Gasteiger partial charge in [-0.05, 0) is 24.3 Å². The summed E-state index contributed by atoms with van der Waals surface area (Å²) < 4.78 is 0. The van der Waals surface area contributed by atoms with Crippen LogP contribution in [0.3, 0.4) is 0 Å². The summed E-state index contributed by atoms with van der Waals surface area (Å²) in [4.78, 5) is 8.69. The van der Waals surface area contributed by atoms with Crippen LogP contribution in [0.1, 0.15) is 48.2 Å². The van der Waals surface area contributed by atoms with Crippen molar-refractivity contribution < 1.29 is 26.2 Å². The molecule has 0 bridgehead atoms. The molecule has 0 spiro atoms. The van der Waals surface area contributed by atoms with Gasteiger partial charge in [0.05, 0.1) is 0 Å². The quantitative estimate of drug-likeness (QED) is 0.222. The van der Waals surface area contributed by atoms with E-state index in [9.17, 15) is 0 Å². The maximum Gasteiger partial charge on any atom is 4.00 e. The van der Waals surface area contributed by atoms with Crippen LogP contribution in [0.4, 0.5) is 0 Å². The van der Waals surface area contributed by atoms with Crippen molar-refractivity contribution in [2.45, 2.75) is 50.9 Å². The van der Waals surface area contributed by atoms with Gasteiger partial charge in [0.2, 0.25) is 0 Å². The number of hydrogen-bond acceptors (Lipinski definition) is 2. The minimum absolute atomic E-state index is 0. The average molecular weight is 568 g/mol. The van der Waals surface area contributed by atoms with Gasteiger partial charge in [-0.15, -0.1) is 37.4 Å². The fourth-order valence-electron chi connectivity index (χ4n) is 3.88. The van der Waals surface area contributed by atoms with Gasteiger partial charge in [0.1, 0.15) is 0 Å². The average Bonchev–Trinajstić information content (AvgIpc) is 2.94. The van der Waals surface area contributed by atoms with E-state index >= 15 is 0 Å². The Morgan fingerprint density at radius 3 is 1.24 bits per heavy atom. The molecule has 0 N–H and O–H groups in total. The van der Waals surface area contributed by atoms with Gasteiger partial charge in [-0.2, -0.15) is 61.3 Å². The summed E-state index contributed by atoms with van der Waals surface area (Å²) in [7, 11) is 0. The maximum absolute atomic E-state index is 4.87. The van der Waals surface area contributed by atoms with E-state index in [0.717, 1.165) is 35.4 Å². The summed E-state index contributed by atoms with van der Waals surface area (Å²) in [6, 6.07) is 32.4. The summed E-state index contributed by atoms with van der Waals surface area (Å²) in [5.74, 6) is 0. The smallest absolute Gasteiger partial charge is 0.656 e. The van der Waals surface area contributed by atoms with Crippen molar-refractivity contribution in [2.75, 3.05) is 0 Å². The van der Waals surface area contributed by atoms with Gasteiger partial charge in [0.15, 0.2) is 0 Å². The molecule has 0 saturated heterocycles. The summed E-state index contributed by atoms with van der Waals surface area (Å²) in [5.41, 5.74) is 4.22. The van der Waals surface area contributed by atoms with Crippen molar-refractivity contribution in [3.63, 3.8) is 0 Å². The molecule has 2 aromatic heterocycles. The Hall–Kier alpha value is -2.72. The molecule has 5 heteroatoms. The SMILES string of the molecule is [CH2-]c1ccccc1.[CH2-]c1ccccc1.[Zr+4].c1ccc(C[N-][C@@H]2CCCC[C@H]2[N-]Cc2ccccn2)nc1. The van der Waals surface area contributed by atoms with E-state index in [1.54, 1.807) is 0 Å². The molecule has 0 amide bonds. The normalized spacial score (nSPS) is 16.1. The van der Waals surface area contributed by atoms with E-state index in [0.29, 0.717) is 25.2 Å². The first-order chi connectivity index (χ1) is 17.7.